The fraction of sp³-hybridized carbons (Fsp3) is 0.538. The Morgan fingerprint density at radius 1 is 1.17 bits per heavy atom. The van der Waals surface area contributed by atoms with E-state index >= 15 is 0 Å². The molecule has 1 atom stereocenters. The SMILES string of the molecule is COC(=O)c1c(OCC2CCCCO2)cc(=O)n2c1CCN(Cc1cccc(OCCO)c1)CC2. The van der Waals surface area contributed by atoms with Crippen molar-refractivity contribution >= 4 is 5.97 Å². The van der Waals surface area contributed by atoms with Crippen molar-refractivity contribution in [1.29, 1.82) is 0 Å². The number of nitrogens with zero attached hydrogens (tertiary/aromatic N) is 2. The zero-order valence-corrected chi connectivity index (χ0v) is 20.2. The van der Waals surface area contributed by atoms with Gasteiger partial charge in [-0.05, 0) is 37.0 Å². The Kier molecular flexibility index (Phi) is 8.79. The molecule has 2 aliphatic heterocycles. The summed E-state index contributed by atoms with van der Waals surface area (Å²) in [6, 6.07) is 9.16. The average Bonchev–Trinajstić information content (AvgIpc) is 3.10. The first-order chi connectivity index (χ1) is 17.1. The Balaban J connectivity index is 1.51. The number of benzene rings is 1. The van der Waals surface area contributed by atoms with Crippen LogP contribution in [0.25, 0.3) is 0 Å². The van der Waals surface area contributed by atoms with Crippen molar-refractivity contribution in [2.45, 2.75) is 44.9 Å². The van der Waals surface area contributed by atoms with E-state index in [1.807, 2.05) is 24.3 Å². The smallest absolute Gasteiger partial charge is 0.343 e. The zero-order valence-electron chi connectivity index (χ0n) is 20.2. The maximum atomic E-state index is 13.0. The van der Waals surface area contributed by atoms with E-state index in [1.54, 1.807) is 4.57 Å². The van der Waals surface area contributed by atoms with E-state index in [0.29, 0.717) is 62.8 Å². The van der Waals surface area contributed by atoms with Crippen molar-refractivity contribution in [3.05, 3.63) is 57.5 Å². The standard InChI is InChI=1S/C26H34N2O7/c1-32-26(31)25-22-8-9-27(17-19-5-4-7-20(15-19)34-14-12-29)10-11-28(22)24(30)16-23(25)35-18-21-6-2-3-13-33-21/h4-5,7,15-16,21,29H,2-3,6,8-14,17-18H2,1H3. The zero-order chi connectivity index (χ0) is 24.6. The molecule has 3 heterocycles. The van der Waals surface area contributed by atoms with E-state index in [4.69, 9.17) is 24.1 Å². The summed E-state index contributed by atoms with van der Waals surface area (Å²) in [5.74, 6) is 0.475. The number of aromatic nitrogens is 1. The van der Waals surface area contributed by atoms with Crippen molar-refractivity contribution in [2.24, 2.45) is 0 Å². The van der Waals surface area contributed by atoms with Crippen molar-refractivity contribution in [2.75, 3.05) is 46.6 Å². The lowest BCUT2D eigenvalue weighted by molar-refractivity contribution is -0.0114. The number of ether oxygens (including phenoxy) is 4. The number of hydrogen-bond acceptors (Lipinski definition) is 8. The molecule has 0 aliphatic carbocycles. The molecule has 1 saturated heterocycles. The molecule has 0 saturated carbocycles. The summed E-state index contributed by atoms with van der Waals surface area (Å²) in [5.41, 5.74) is 1.85. The first kappa shape index (κ1) is 25.2. The fourth-order valence-electron chi connectivity index (χ4n) is 4.66. The van der Waals surface area contributed by atoms with Crippen molar-refractivity contribution in [1.82, 2.24) is 9.47 Å². The molecule has 1 aromatic carbocycles. The van der Waals surface area contributed by atoms with Gasteiger partial charge in [-0.2, -0.15) is 0 Å². The van der Waals surface area contributed by atoms with Crippen LogP contribution in [0.5, 0.6) is 11.5 Å². The molecule has 2 aliphatic rings. The van der Waals surface area contributed by atoms with Gasteiger partial charge in [0, 0.05) is 51.0 Å². The molecule has 1 N–H and O–H groups in total. The number of esters is 1. The minimum atomic E-state index is -0.504. The summed E-state index contributed by atoms with van der Waals surface area (Å²) in [6.45, 7) is 3.68. The third-order valence-electron chi connectivity index (χ3n) is 6.44. The van der Waals surface area contributed by atoms with Crippen LogP contribution < -0.4 is 15.0 Å². The molecule has 1 unspecified atom stereocenters. The predicted molar refractivity (Wildman–Crippen MR) is 129 cm³/mol. The number of carbonyl (C=O) groups is 1. The van der Waals surface area contributed by atoms with E-state index in [2.05, 4.69) is 4.90 Å². The summed E-state index contributed by atoms with van der Waals surface area (Å²) < 4.78 is 24.0. The Bertz CT molecular complexity index is 1060. The molecule has 190 valence electrons. The minimum absolute atomic E-state index is 0.0364. The van der Waals surface area contributed by atoms with E-state index in [0.717, 1.165) is 24.8 Å². The molecular weight excluding hydrogens is 452 g/mol. The van der Waals surface area contributed by atoms with Gasteiger partial charge in [0.2, 0.25) is 0 Å². The Hall–Kier alpha value is -2.88. The van der Waals surface area contributed by atoms with Crippen LogP contribution in [0.15, 0.2) is 35.1 Å². The topological polar surface area (TPSA) is 99.5 Å². The number of aliphatic hydroxyl groups is 1. The van der Waals surface area contributed by atoms with Crippen LogP contribution in [0.4, 0.5) is 0 Å². The lowest BCUT2D eigenvalue weighted by atomic mass is 10.1. The Morgan fingerprint density at radius 2 is 2.06 bits per heavy atom. The van der Waals surface area contributed by atoms with Crippen LogP contribution in [0, 0.1) is 0 Å². The summed E-state index contributed by atoms with van der Waals surface area (Å²) >= 11 is 0. The lowest BCUT2D eigenvalue weighted by Gasteiger charge is -2.24. The van der Waals surface area contributed by atoms with Gasteiger partial charge in [0.15, 0.2) is 0 Å². The van der Waals surface area contributed by atoms with Gasteiger partial charge in [-0.1, -0.05) is 12.1 Å². The van der Waals surface area contributed by atoms with Gasteiger partial charge in [-0.3, -0.25) is 9.69 Å². The van der Waals surface area contributed by atoms with E-state index in [1.165, 1.54) is 13.2 Å². The number of aliphatic hydroxyl groups excluding tert-OH is 1. The largest absolute Gasteiger partial charge is 0.491 e. The molecule has 2 aromatic rings. The Morgan fingerprint density at radius 3 is 2.83 bits per heavy atom. The summed E-state index contributed by atoms with van der Waals surface area (Å²) in [7, 11) is 1.34. The van der Waals surface area contributed by atoms with Crippen LogP contribution in [0.2, 0.25) is 0 Å². The summed E-state index contributed by atoms with van der Waals surface area (Å²) in [5, 5.41) is 8.99. The van der Waals surface area contributed by atoms with Gasteiger partial charge in [0.25, 0.3) is 5.56 Å². The van der Waals surface area contributed by atoms with Crippen LogP contribution in [-0.4, -0.2) is 73.3 Å². The number of pyridine rings is 1. The van der Waals surface area contributed by atoms with Crippen molar-refractivity contribution < 1.29 is 28.8 Å². The predicted octanol–water partition coefficient (Wildman–Crippen LogP) is 2.01. The number of rotatable bonds is 9. The van der Waals surface area contributed by atoms with Crippen molar-refractivity contribution in [3.8, 4) is 11.5 Å². The molecule has 4 rings (SSSR count). The molecule has 0 spiro atoms. The second kappa shape index (κ2) is 12.2. The molecular formula is C26H34N2O7. The van der Waals surface area contributed by atoms with E-state index < -0.39 is 5.97 Å². The average molecular weight is 487 g/mol. The van der Waals surface area contributed by atoms with Gasteiger partial charge in [0.05, 0.1) is 19.8 Å². The van der Waals surface area contributed by atoms with Gasteiger partial charge >= 0.3 is 5.97 Å². The normalized spacial score (nSPS) is 18.4. The second-order valence-electron chi connectivity index (χ2n) is 8.86. The van der Waals surface area contributed by atoms with Gasteiger partial charge in [-0.25, -0.2) is 4.79 Å². The molecule has 0 radical (unpaired) electrons. The molecule has 35 heavy (non-hydrogen) atoms. The highest BCUT2D eigenvalue weighted by molar-refractivity contribution is 5.93. The number of carbonyl (C=O) groups excluding carboxylic acids is 1. The minimum Gasteiger partial charge on any atom is -0.491 e. The quantitative estimate of drug-likeness (QED) is 0.538. The number of fused-ring (bicyclic) bond motifs is 1. The first-order valence-corrected chi connectivity index (χ1v) is 12.2. The van der Waals surface area contributed by atoms with E-state index in [9.17, 15) is 9.59 Å². The molecule has 0 amide bonds. The van der Waals surface area contributed by atoms with Gasteiger partial charge in [0.1, 0.15) is 30.3 Å². The lowest BCUT2D eigenvalue weighted by Crippen LogP contribution is -2.30. The molecule has 1 aromatic heterocycles. The van der Waals surface area contributed by atoms with Gasteiger partial charge in [-0.15, -0.1) is 0 Å². The van der Waals surface area contributed by atoms with Crippen LogP contribution in [0.3, 0.4) is 0 Å². The van der Waals surface area contributed by atoms with Gasteiger partial charge < -0.3 is 28.6 Å². The molecule has 0 bridgehead atoms. The third kappa shape index (κ3) is 6.42. The summed E-state index contributed by atoms with van der Waals surface area (Å²) in [4.78, 5) is 28.0. The molecule has 9 heteroatoms. The maximum Gasteiger partial charge on any atom is 0.343 e. The molecule has 9 nitrogen and oxygen atoms in total. The number of hydrogen-bond donors (Lipinski definition) is 1. The highest BCUT2D eigenvalue weighted by Gasteiger charge is 2.27. The fourth-order valence-corrected chi connectivity index (χ4v) is 4.66. The number of methoxy groups -OCH3 is 1. The monoisotopic (exact) mass is 486 g/mol. The molecule has 1 fully saturated rings. The van der Waals surface area contributed by atoms with Crippen molar-refractivity contribution in [3.63, 3.8) is 0 Å². The van der Waals surface area contributed by atoms with Crippen LogP contribution >= 0.6 is 0 Å². The highest BCUT2D eigenvalue weighted by atomic mass is 16.5. The first-order valence-electron chi connectivity index (χ1n) is 12.2. The van der Waals surface area contributed by atoms with E-state index in [-0.39, 0.29) is 30.6 Å². The Labute approximate surface area is 205 Å². The summed E-state index contributed by atoms with van der Waals surface area (Å²) in [6.07, 6.45) is 3.50. The highest BCUT2D eigenvalue weighted by Crippen LogP contribution is 2.26. The van der Waals surface area contributed by atoms with Crippen LogP contribution in [-0.2, 0) is 29.0 Å². The van der Waals surface area contributed by atoms with Crippen LogP contribution in [0.1, 0.15) is 40.9 Å². The second-order valence-corrected chi connectivity index (χ2v) is 8.86. The maximum absolute atomic E-state index is 13.0. The third-order valence-corrected chi connectivity index (χ3v) is 6.44.